The molecule has 2 aromatic rings. The van der Waals surface area contributed by atoms with Crippen molar-refractivity contribution in [1.29, 1.82) is 0 Å². The van der Waals surface area contributed by atoms with Crippen LogP contribution in [0.2, 0.25) is 0 Å². The third-order valence-electron chi connectivity index (χ3n) is 5.85. The molecule has 7 heteroatoms. The number of carbonyl (C=O) groups is 2. The number of aromatic nitrogens is 1. The van der Waals surface area contributed by atoms with Crippen LogP contribution in [0.15, 0.2) is 30.3 Å². The summed E-state index contributed by atoms with van der Waals surface area (Å²) in [4.78, 5) is 32.8. The highest BCUT2D eigenvalue weighted by atomic mass is 32.1. The first kappa shape index (κ1) is 20.8. The van der Waals surface area contributed by atoms with E-state index in [2.05, 4.69) is 5.32 Å². The second-order valence-corrected chi connectivity index (χ2v) is 9.15. The van der Waals surface area contributed by atoms with E-state index in [0.717, 1.165) is 24.3 Å². The van der Waals surface area contributed by atoms with E-state index >= 15 is 0 Å². The number of hydrogen-bond donors (Lipinski definition) is 1. The van der Waals surface area contributed by atoms with Crippen LogP contribution in [0.4, 0.5) is 0 Å². The molecule has 2 heterocycles. The first-order chi connectivity index (χ1) is 14.7. The van der Waals surface area contributed by atoms with Crippen LogP contribution < -0.4 is 10.1 Å². The zero-order chi connectivity index (χ0) is 20.8. The molecule has 1 aromatic carbocycles. The van der Waals surface area contributed by atoms with Crippen LogP contribution in [-0.4, -0.2) is 47.9 Å². The first-order valence-corrected chi connectivity index (χ1v) is 11.7. The van der Waals surface area contributed by atoms with Crippen LogP contribution in [0.5, 0.6) is 5.75 Å². The van der Waals surface area contributed by atoms with Gasteiger partial charge in [-0.2, -0.15) is 0 Å². The monoisotopic (exact) mass is 427 g/mol. The third-order valence-corrected chi connectivity index (χ3v) is 7.07. The molecule has 160 valence electrons. The van der Waals surface area contributed by atoms with E-state index in [0.29, 0.717) is 38.2 Å². The van der Waals surface area contributed by atoms with E-state index in [1.807, 2.05) is 41.7 Å². The highest BCUT2D eigenvalue weighted by Gasteiger charge is 2.27. The van der Waals surface area contributed by atoms with Gasteiger partial charge in [-0.3, -0.25) is 9.59 Å². The van der Waals surface area contributed by atoms with Gasteiger partial charge in [0.1, 0.15) is 5.75 Å². The van der Waals surface area contributed by atoms with Crippen molar-refractivity contribution in [3.05, 3.63) is 45.9 Å². The van der Waals surface area contributed by atoms with Crippen LogP contribution in [0, 0.1) is 5.92 Å². The van der Waals surface area contributed by atoms with Gasteiger partial charge < -0.3 is 15.0 Å². The Morgan fingerprint density at radius 1 is 1.13 bits per heavy atom. The van der Waals surface area contributed by atoms with Crippen LogP contribution in [-0.2, 0) is 28.9 Å². The molecule has 30 heavy (non-hydrogen) atoms. The lowest BCUT2D eigenvalue weighted by atomic mass is 9.96. The Bertz CT molecular complexity index is 836. The molecule has 0 bridgehead atoms. The minimum Gasteiger partial charge on any atom is -0.484 e. The van der Waals surface area contributed by atoms with E-state index in [1.54, 1.807) is 4.90 Å². The zero-order valence-corrected chi connectivity index (χ0v) is 18.1. The maximum atomic E-state index is 12.5. The number of amides is 2. The SMILES string of the molecule is O=C(NCCc1nc2c(s1)CCCC2)C1CCN(C(=O)COc2ccccc2)CC1. The molecule has 1 fully saturated rings. The zero-order valence-electron chi connectivity index (χ0n) is 17.3. The van der Waals surface area contributed by atoms with Gasteiger partial charge in [0.05, 0.1) is 10.7 Å². The molecule has 4 rings (SSSR count). The summed E-state index contributed by atoms with van der Waals surface area (Å²) in [5.74, 6) is 0.754. The number of carbonyl (C=O) groups excluding carboxylic acids is 2. The van der Waals surface area contributed by atoms with Crippen molar-refractivity contribution in [2.75, 3.05) is 26.2 Å². The summed E-state index contributed by atoms with van der Waals surface area (Å²) < 4.78 is 5.55. The molecule has 0 atom stereocenters. The Labute approximate surface area is 181 Å². The summed E-state index contributed by atoms with van der Waals surface area (Å²) in [7, 11) is 0. The largest absolute Gasteiger partial charge is 0.484 e. The second-order valence-electron chi connectivity index (χ2n) is 7.98. The molecule has 1 N–H and O–H groups in total. The average Bonchev–Trinajstić information content (AvgIpc) is 3.21. The average molecular weight is 428 g/mol. The summed E-state index contributed by atoms with van der Waals surface area (Å²) in [6, 6.07) is 9.35. The van der Waals surface area contributed by atoms with Gasteiger partial charge in [0.2, 0.25) is 5.91 Å². The lowest BCUT2D eigenvalue weighted by molar-refractivity contribution is -0.137. The van der Waals surface area contributed by atoms with Crippen LogP contribution in [0.1, 0.15) is 41.3 Å². The maximum absolute atomic E-state index is 12.5. The first-order valence-electron chi connectivity index (χ1n) is 10.9. The standard InChI is InChI=1S/C23H29N3O3S/c27-22(16-29-18-6-2-1-3-7-18)26-14-11-17(12-15-26)23(28)24-13-10-21-25-19-8-4-5-9-20(19)30-21/h1-3,6-7,17H,4-5,8-16H2,(H,24,28). The topological polar surface area (TPSA) is 71.5 Å². The van der Waals surface area contributed by atoms with Gasteiger partial charge in [-0.1, -0.05) is 18.2 Å². The summed E-state index contributed by atoms with van der Waals surface area (Å²) in [6.45, 7) is 1.89. The van der Waals surface area contributed by atoms with Crippen molar-refractivity contribution >= 4 is 23.2 Å². The molecule has 0 saturated carbocycles. The van der Waals surface area contributed by atoms with Crippen molar-refractivity contribution in [3.63, 3.8) is 0 Å². The summed E-state index contributed by atoms with van der Waals surface area (Å²) in [6.07, 6.45) is 6.98. The van der Waals surface area contributed by atoms with Gasteiger partial charge in [0.25, 0.3) is 5.91 Å². The smallest absolute Gasteiger partial charge is 0.260 e. The lowest BCUT2D eigenvalue weighted by Crippen LogP contribution is -2.44. The highest BCUT2D eigenvalue weighted by molar-refractivity contribution is 7.11. The molecule has 0 unspecified atom stereocenters. The number of hydrogen-bond acceptors (Lipinski definition) is 5. The molecule has 1 aromatic heterocycles. The van der Waals surface area contributed by atoms with Crippen molar-refractivity contribution in [3.8, 4) is 5.75 Å². The summed E-state index contributed by atoms with van der Waals surface area (Å²) >= 11 is 1.81. The Morgan fingerprint density at radius 2 is 1.90 bits per heavy atom. The van der Waals surface area contributed by atoms with E-state index in [9.17, 15) is 9.59 Å². The quantitative estimate of drug-likeness (QED) is 0.737. The van der Waals surface area contributed by atoms with Gasteiger partial charge in [-0.25, -0.2) is 4.98 Å². The normalized spacial score (nSPS) is 16.7. The Morgan fingerprint density at radius 3 is 2.67 bits per heavy atom. The van der Waals surface area contributed by atoms with Crippen molar-refractivity contribution in [2.24, 2.45) is 5.92 Å². The fourth-order valence-corrected chi connectivity index (χ4v) is 5.25. The van der Waals surface area contributed by atoms with E-state index in [4.69, 9.17) is 9.72 Å². The number of nitrogens with one attached hydrogen (secondary N) is 1. The van der Waals surface area contributed by atoms with Crippen LogP contribution in [0.3, 0.4) is 0 Å². The number of aryl methyl sites for hydroxylation is 2. The van der Waals surface area contributed by atoms with Gasteiger partial charge in [-0.05, 0) is 50.7 Å². The van der Waals surface area contributed by atoms with E-state index < -0.39 is 0 Å². The second kappa shape index (κ2) is 10.1. The number of benzene rings is 1. The van der Waals surface area contributed by atoms with Crippen LogP contribution in [0.25, 0.3) is 0 Å². The van der Waals surface area contributed by atoms with Gasteiger partial charge >= 0.3 is 0 Å². The van der Waals surface area contributed by atoms with Crippen molar-refractivity contribution in [2.45, 2.75) is 44.9 Å². The number of thiazole rings is 1. The van der Waals surface area contributed by atoms with Gasteiger partial charge in [-0.15, -0.1) is 11.3 Å². The predicted molar refractivity (Wildman–Crippen MR) is 117 cm³/mol. The lowest BCUT2D eigenvalue weighted by Gasteiger charge is -2.31. The number of ether oxygens (including phenoxy) is 1. The molecule has 2 amide bonds. The number of nitrogens with zero attached hydrogens (tertiary/aromatic N) is 2. The molecular weight excluding hydrogens is 398 g/mol. The molecule has 0 spiro atoms. The number of para-hydroxylation sites is 1. The van der Waals surface area contributed by atoms with E-state index in [1.165, 1.54) is 23.4 Å². The molecule has 6 nitrogen and oxygen atoms in total. The predicted octanol–water partition coefficient (Wildman–Crippen LogP) is 3.00. The van der Waals surface area contributed by atoms with Crippen molar-refractivity contribution < 1.29 is 14.3 Å². The Hall–Kier alpha value is -2.41. The van der Waals surface area contributed by atoms with E-state index in [-0.39, 0.29) is 24.3 Å². The Balaban J connectivity index is 1.15. The highest BCUT2D eigenvalue weighted by Crippen LogP contribution is 2.26. The molecule has 1 aliphatic carbocycles. The Kier molecular flexibility index (Phi) is 7.00. The van der Waals surface area contributed by atoms with Crippen molar-refractivity contribution in [1.82, 2.24) is 15.2 Å². The molecule has 0 radical (unpaired) electrons. The molecule has 2 aliphatic rings. The fourth-order valence-electron chi connectivity index (χ4n) is 4.09. The molecular formula is C23H29N3O3S. The number of rotatable bonds is 7. The number of likely N-dealkylation sites (tertiary alicyclic amines) is 1. The number of piperidine rings is 1. The molecule has 1 aliphatic heterocycles. The molecule has 1 saturated heterocycles. The minimum atomic E-state index is -0.0227. The number of fused-ring (bicyclic) bond motifs is 1. The minimum absolute atomic E-state index is 0.0198. The summed E-state index contributed by atoms with van der Waals surface area (Å²) in [5.41, 5.74) is 1.28. The van der Waals surface area contributed by atoms with Crippen LogP contribution >= 0.6 is 11.3 Å². The fraction of sp³-hybridized carbons (Fsp3) is 0.522. The summed E-state index contributed by atoms with van der Waals surface area (Å²) in [5, 5.41) is 4.21. The van der Waals surface area contributed by atoms with Gasteiger partial charge in [0.15, 0.2) is 6.61 Å². The maximum Gasteiger partial charge on any atom is 0.260 e. The van der Waals surface area contributed by atoms with Gasteiger partial charge in [0, 0.05) is 36.9 Å². The third kappa shape index (κ3) is 5.39.